The molecule has 28 heavy (non-hydrogen) atoms. The van der Waals surface area contributed by atoms with Crippen molar-refractivity contribution in [3.8, 4) is 5.95 Å². The lowest BCUT2D eigenvalue weighted by Gasteiger charge is -2.27. The number of halogens is 2. The van der Waals surface area contributed by atoms with E-state index in [-0.39, 0.29) is 11.8 Å². The number of para-hydroxylation sites is 1. The fourth-order valence-electron chi connectivity index (χ4n) is 3.16. The number of rotatable bonds is 4. The number of anilines is 2. The molecule has 1 aliphatic rings. The van der Waals surface area contributed by atoms with Crippen molar-refractivity contribution in [2.75, 3.05) is 50.2 Å². The van der Waals surface area contributed by atoms with Gasteiger partial charge in [-0.05, 0) is 18.6 Å². The lowest BCUT2D eigenvalue weighted by molar-refractivity contribution is 0.122. The van der Waals surface area contributed by atoms with Crippen LogP contribution in [0.25, 0.3) is 17.0 Å². The number of hydrogen-bond acceptors (Lipinski definition) is 7. The molecule has 3 heterocycles. The second kappa shape index (κ2) is 7.27. The largest absolute Gasteiger partial charge is 0.378 e. The third-order valence-electron chi connectivity index (χ3n) is 4.60. The molecule has 0 amide bonds. The van der Waals surface area contributed by atoms with Crippen molar-refractivity contribution in [2.45, 2.75) is 13.3 Å². The number of alkyl halides is 2. The highest BCUT2D eigenvalue weighted by Crippen LogP contribution is 2.29. The summed E-state index contributed by atoms with van der Waals surface area (Å²) in [6, 6.07) is 5.39. The number of imidazole rings is 1. The SMILES string of the molecule is Cc1cccc2c1nc(C(F)F)n2-c1nc(N(C)C)nc(N2CCOCC2)n1. The van der Waals surface area contributed by atoms with Crippen molar-refractivity contribution >= 4 is 22.9 Å². The van der Waals surface area contributed by atoms with Gasteiger partial charge in [-0.25, -0.2) is 13.8 Å². The number of morpholine rings is 1. The van der Waals surface area contributed by atoms with E-state index >= 15 is 0 Å². The van der Waals surface area contributed by atoms with Gasteiger partial charge in [0.15, 0.2) is 5.82 Å². The van der Waals surface area contributed by atoms with Crippen molar-refractivity contribution in [3.05, 3.63) is 29.6 Å². The quantitative estimate of drug-likeness (QED) is 0.678. The average Bonchev–Trinajstić information content (AvgIpc) is 3.10. The van der Waals surface area contributed by atoms with Crippen LogP contribution in [0, 0.1) is 6.92 Å². The molecule has 0 spiro atoms. The van der Waals surface area contributed by atoms with Crippen molar-refractivity contribution in [3.63, 3.8) is 0 Å². The van der Waals surface area contributed by atoms with E-state index in [4.69, 9.17) is 4.74 Å². The van der Waals surface area contributed by atoms with Crippen LogP contribution in [0.2, 0.25) is 0 Å². The number of aromatic nitrogens is 5. The summed E-state index contributed by atoms with van der Waals surface area (Å²) < 4.78 is 34.3. The van der Waals surface area contributed by atoms with E-state index < -0.39 is 6.43 Å². The molecular weight excluding hydrogens is 368 g/mol. The lowest BCUT2D eigenvalue weighted by atomic mass is 10.2. The fraction of sp³-hybridized carbons (Fsp3) is 0.444. The van der Waals surface area contributed by atoms with E-state index in [0.717, 1.165) is 5.56 Å². The molecular formula is C18H21F2N7O. The van der Waals surface area contributed by atoms with E-state index in [1.807, 2.05) is 24.0 Å². The highest BCUT2D eigenvalue weighted by molar-refractivity contribution is 5.81. The zero-order chi connectivity index (χ0) is 19.8. The third kappa shape index (κ3) is 3.24. The minimum absolute atomic E-state index is 0.128. The van der Waals surface area contributed by atoms with Crippen molar-refractivity contribution in [1.29, 1.82) is 0 Å². The summed E-state index contributed by atoms with van der Waals surface area (Å²) in [5.74, 6) is 0.574. The first-order chi connectivity index (χ1) is 13.5. The topological polar surface area (TPSA) is 72.2 Å². The molecule has 8 nitrogen and oxygen atoms in total. The van der Waals surface area contributed by atoms with Gasteiger partial charge in [-0.2, -0.15) is 15.0 Å². The summed E-state index contributed by atoms with van der Waals surface area (Å²) in [7, 11) is 3.60. The van der Waals surface area contributed by atoms with Gasteiger partial charge in [-0.1, -0.05) is 12.1 Å². The van der Waals surface area contributed by atoms with Gasteiger partial charge in [0.05, 0.1) is 24.2 Å². The zero-order valence-corrected chi connectivity index (χ0v) is 15.9. The summed E-state index contributed by atoms with van der Waals surface area (Å²) in [6.45, 7) is 4.22. The maximum absolute atomic E-state index is 13.8. The molecule has 0 N–H and O–H groups in total. The van der Waals surface area contributed by atoms with Crippen LogP contribution in [0.3, 0.4) is 0 Å². The number of ether oxygens (including phenoxy) is 1. The number of benzene rings is 1. The molecule has 0 bridgehead atoms. The first-order valence-corrected chi connectivity index (χ1v) is 8.98. The Morgan fingerprint density at radius 2 is 1.75 bits per heavy atom. The minimum Gasteiger partial charge on any atom is -0.378 e. The van der Waals surface area contributed by atoms with Gasteiger partial charge in [0, 0.05) is 27.2 Å². The van der Waals surface area contributed by atoms with Crippen LogP contribution in [0.4, 0.5) is 20.7 Å². The highest BCUT2D eigenvalue weighted by atomic mass is 19.3. The predicted molar refractivity (Wildman–Crippen MR) is 102 cm³/mol. The third-order valence-corrected chi connectivity index (χ3v) is 4.60. The Morgan fingerprint density at radius 3 is 2.43 bits per heavy atom. The molecule has 148 valence electrons. The van der Waals surface area contributed by atoms with Gasteiger partial charge in [0.1, 0.15) is 0 Å². The van der Waals surface area contributed by atoms with E-state index in [1.54, 1.807) is 25.1 Å². The molecule has 1 fully saturated rings. The Kier molecular flexibility index (Phi) is 4.80. The molecule has 0 unspecified atom stereocenters. The van der Waals surface area contributed by atoms with Crippen molar-refractivity contribution in [1.82, 2.24) is 24.5 Å². The molecule has 3 aromatic rings. The fourth-order valence-corrected chi connectivity index (χ4v) is 3.16. The van der Waals surface area contributed by atoms with Gasteiger partial charge in [0.2, 0.25) is 17.8 Å². The normalized spacial score (nSPS) is 14.9. The molecule has 4 rings (SSSR count). The average molecular weight is 389 g/mol. The van der Waals surface area contributed by atoms with Gasteiger partial charge >= 0.3 is 0 Å². The van der Waals surface area contributed by atoms with E-state index in [9.17, 15) is 8.78 Å². The van der Waals surface area contributed by atoms with Crippen LogP contribution >= 0.6 is 0 Å². The molecule has 2 aromatic heterocycles. The van der Waals surface area contributed by atoms with Gasteiger partial charge in [-0.3, -0.25) is 4.57 Å². The van der Waals surface area contributed by atoms with E-state index in [1.165, 1.54) is 4.57 Å². The van der Waals surface area contributed by atoms with E-state index in [0.29, 0.717) is 49.2 Å². The number of hydrogen-bond donors (Lipinski definition) is 0. The molecule has 0 aliphatic carbocycles. The second-order valence-electron chi connectivity index (χ2n) is 6.78. The molecule has 0 atom stereocenters. The summed E-state index contributed by atoms with van der Waals surface area (Å²) in [6.07, 6.45) is -2.77. The Hall–Kier alpha value is -2.88. The molecule has 1 aromatic carbocycles. The zero-order valence-electron chi connectivity index (χ0n) is 15.9. The van der Waals surface area contributed by atoms with E-state index in [2.05, 4.69) is 19.9 Å². The Labute approximate surface area is 160 Å². The first kappa shape index (κ1) is 18.5. The maximum Gasteiger partial charge on any atom is 0.296 e. The number of fused-ring (bicyclic) bond motifs is 1. The maximum atomic E-state index is 13.8. The molecule has 1 saturated heterocycles. The molecule has 10 heteroatoms. The summed E-state index contributed by atoms with van der Waals surface area (Å²) in [5, 5.41) is 0. The van der Waals surface area contributed by atoms with Gasteiger partial charge in [-0.15, -0.1) is 0 Å². The van der Waals surface area contributed by atoms with Crippen LogP contribution in [0.1, 0.15) is 17.8 Å². The smallest absolute Gasteiger partial charge is 0.296 e. The summed E-state index contributed by atoms with van der Waals surface area (Å²) in [5.41, 5.74) is 1.87. The van der Waals surface area contributed by atoms with Gasteiger partial charge < -0.3 is 14.5 Å². The Balaban J connectivity index is 1.94. The number of aryl methyl sites for hydroxylation is 1. The standard InChI is InChI=1S/C18H21F2N7O/c1-11-5-4-6-12-13(11)21-15(14(19)20)27(12)18-23-16(25(2)3)22-17(24-18)26-7-9-28-10-8-26/h4-6,14H,7-10H2,1-3H3. The second-order valence-corrected chi connectivity index (χ2v) is 6.78. The Bertz CT molecular complexity index is 999. The summed E-state index contributed by atoms with van der Waals surface area (Å²) in [4.78, 5) is 21.3. The van der Waals surface area contributed by atoms with Crippen LogP contribution in [0.15, 0.2) is 18.2 Å². The van der Waals surface area contributed by atoms with Crippen LogP contribution in [-0.2, 0) is 4.74 Å². The van der Waals surface area contributed by atoms with Crippen LogP contribution < -0.4 is 9.80 Å². The Morgan fingerprint density at radius 1 is 1.04 bits per heavy atom. The first-order valence-electron chi connectivity index (χ1n) is 8.98. The van der Waals surface area contributed by atoms with Gasteiger partial charge in [0.25, 0.3) is 6.43 Å². The molecule has 1 aliphatic heterocycles. The van der Waals surface area contributed by atoms with Crippen LogP contribution in [0.5, 0.6) is 0 Å². The molecule has 0 saturated carbocycles. The van der Waals surface area contributed by atoms with Crippen molar-refractivity contribution in [2.24, 2.45) is 0 Å². The lowest BCUT2D eigenvalue weighted by Crippen LogP contribution is -2.38. The molecule has 0 radical (unpaired) electrons. The minimum atomic E-state index is -2.77. The van der Waals surface area contributed by atoms with Crippen molar-refractivity contribution < 1.29 is 13.5 Å². The van der Waals surface area contributed by atoms with Crippen LogP contribution in [-0.4, -0.2) is 64.9 Å². The number of nitrogens with zero attached hydrogens (tertiary/aromatic N) is 7. The highest BCUT2D eigenvalue weighted by Gasteiger charge is 2.25. The monoisotopic (exact) mass is 389 g/mol. The summed E-state index contributed by atoms with van der Waals surface area (Å²) >= 11 is 0. The predicted octanol–water partition coefficient (Wildman–Crippen LogP) is 2.36.